The Bertz CT molecular complexity index is 541. The largest absolute Gasteiger partial charge is 0.396 e. The number of anilines is 1. The molecule has 3 N–H and O–H groups in total. The molecule has 1 aromatic carbocycles. The summed E-state index contributed by atoms with van der Waals surface area (Å²) in [6.07, 6.45) is 4.68. The number of halogens is 2. The van der Waals surface area contributed by atoms with Crippen molar-refractivity contribution in [2.24, 2.45) is 0 Å². The van der Waals surface area contributed by atoms with Crippen LogP contribution in [0.25, 0.3) is 0 Å². The van der Waals surface area contributed by atoms with Crippen LogP contribution in [0.4, 0.5) is 5.69 Å². The lowest BCUT2D eigenvalue weighted by atomic mass is 9.99. The van der Waals surface area contributed by atoms with Gasteiger partial charge in [0.2, 0.25) is 0 Å². The van der Waals surface area contributed by atoms with E-state index in [-0.39, 0.29) is 11.9 Å². The molecule has 2 atom stereocenters. The molecule has 0 bridgehead atoms. The van der Waals surface area contributed by atoms with Crippen molar-refractivity contribution in [3.63, 3.8) is 0 Å². The molecule has 0 spiro atoms. The van der Waals surface area contributed by atoms with Gasteiger partial charge >= 0.3 is 0 Å². The van der Waals surface area contributed by atoms with Gasteiger partial charge in [0, 0.05) is 24.2 Å². The topological polar surface area (TPSA) is 58.4 Å². The van der Waals surface area contributed by atoms with E-state index in [4.69, 9.17) is 28.9 Å². The van der Waals surface area contributed by atoms with Gasteiger partial charge in [0.15, 0.2) is 0 Å². The zero-order valence-corrected chi connectivity index (χ0v) is 13.3. The summed E-state index contributed by atoms with van der Waals surface area (Å²) in [6, 6.07) is 3.84. The van der Waals surface area contributed by atoms with Gasteiger partial charge in [-0.2, -0.15) is 0 Å². The van der Waals surface area contributed by atoms with Crippen LogP contribution in [-0.2, 0) is 0 Å². The number of rotatable bonds is 2. The van der Waals surface area contributed by atoms with Crippen molar-refractivity contribution < 1.29 is 4.79 Å². The maximum absolute atomic E-state index is 12.4. The minimum atomic E-state index is -0.128. The maximum atomic E-state index is 12.4. The average molecular weight is 328 g/mol. The number of nitrogens with zero attached hydrogens (tertiary/aromatic N) is 1. The second kappa shape index (κ2) is 6.03. The van der Waals surface area contributed by atoms with Crippen molar-refractivity contribution in [3.8, 4) is 0 Å². The van der Waals surface area contributed by atoms with E-state index in [2.05, 4.69) is 10.2 Å². The van der Waals surface area contributed by atoms with Gasteiger partial charge in [0.05, 0.1) is 15.7 Å². The van der Waals surface area contributed by atoms with Crippen LogP contribution in [0.2, 0.25) is 10.0 Å². The Balaban J connectivity index is 1.72. The summed E-state index contributed by atoms with van der Waals surface area (Å²) in [7, 11) is 0. The van der Waals surface area contributed by atoms with E-state index in [1.165, 1.54) is 12.8 Å². The molecule has 2 aliphatic heterocycles. The van der Waals surface area contributed by atoms with Crippen molar-refractivity contribution in [2.75, 3.05) is 18.8 Å². The highest BCUT2D eigenvalue weighted by Crippen LogP contribution is 2.30. The number of piperidine rings is 1. The summed E-state index contributed by atoms with van der Waals surface area (Å²) < 4.78 is 0. The normalized spacial score (nSPS) is 25.6. The lowest BCUT2D eigenvalue weighted by Gasteiger charge is -2.32. The third-order valence-electron chi connectivity index (χ3n) is 4.51. The summed E-state index contributed by atoms with van der Waals surface area (Å²) >= 11 is 12.0. The second-order valence-electron chi connectivity index (χ2n) is 5.82. The summed E-state index contributed by atoms with van der Waals surface area (Å²) in [5, 5.41) is 3.77. The van der Waals surface area contributed by atoms with E-state index in [0.29, 0.717) is 27.3 Å². The van der Waals surface area contributed by atoms with Crippen LogP contribution in [0.5, 0.6) is 0 Å². The zero-order valence-electron chi connectivity index (χ0n) is 11.7. The van der Waals surface area contributed by atoms with Crippen LogP contribution in [-0.4, -0.2) is 36.0 Å². The van der Waals surface area contributed by atoms with E-state index in [9.17, 15) is 4.79 Å². The molecule has 0 radical (unpaired) electrons. The Kier molecular flexibility index (Phi) is 4.29. The second-order valence-corrected chi connectivity index (χ2v) is 6.64. The number of benzene rings is 1. The molecule has 2 unspecified atom stereocenters. The molecule has 2 aliphatic rings. The van der Waals surface area contributed by atoms with Crippen LogP contribution < -0.4 is 11.1 Å². The van der Waals surface area contributed by atoms with Crippen molar-refractivity contribution in [1.82, 2.24) is 10.2 Å². The number of nitrogens with two attached hydrogens (primary N) is 1. The smallest absolute Gasteiger partial charge is 0.251 e. The molecule has 21 heavy (non-hydrogen) atoms. The fourth-order valence-electron chi connectivity index (χ4n) is 3.38. The fourth-order valence-corrected chi connectivity index (χ4v) is 3.87. The molecule has 2 heterocycles. The Hall–Kier alpha value is -0.970. The first-order chi connectivity index (χ1) is 10.1. The molecule has 114 valence electrons. The van der Waals surface area contributed by atoms with Crippen LogP contribution >= 0.6 is 23.2 Å². The molecular formula is C15H19Cl2N3O. The Morgan fingerprint density at radius 2 is 1.90 bits per heavy atom. The molecule has 3 rings (SSSR count). The number of fused-ring (bicyclic) bond motifs is 1. The Morgan fingerprint density at radius 1 is 1.19 bits per heavy atom. The van der Waals surface area contributed by atoms with E-state index >= 15 is 0 Å². The molecule has 0 aliphatic carbocycles. The molecule has 2 fully saturated rings. The maximum Gasteiger partial charge on any atom is 0.251 e. The minimum Gasteiger partial charge on any atom is -0.396 e. The van der Waals surface area contributed by atoms with Gasteiger partial charge in [0.1, 0.15) is 0 Å². The van der Waals surface area contributed by atoms with E-state index in [1.54, 1.807) is 12.1 Å². The number of nitrogens with one attached hydrogen (secondary N) is 1. The van der Waals surface area contributed by atoms with Gasteiger partial charge in [-0.15, -0.1) is 0 Å². The van der Waals surface area contributed by atoms with Crippen LogP contribution in [0.3, 0.4) is 0 Å². The number of amides is 1. The van der Waals surface area contributed by atoms with Crippen molar-refractivity contribution in [2.45, 2.75) is 37.8 Å². The van der Waals surface area contributed by atoms with Crippen molar-refractivity contribution in [3.05, 3.63) is 27.7 Å². The summed E-state index contributed by atoms with van der Waals surface area (Å²) in [5.74, 6) is -0.128. The van der Waals surface area contributed by atoms with E-state index in [1.807, 2.05) is 0 Å². The highest BCUT2D eigenvalue weighted by atomic mass is 35.5. The van der Waals surface area contributed by atoms with Crippen molar-refractivity contribution >= 4 is 34.8 Å². The first kappa shape index (κ1) is 14.9. The quantitative estimate of drug-likeness (QED) is 0.821. The number of hydrogen-bond donors (Lipinski definition) is 2. The molecule has 4 nitrogen and oxygen atoms in total. The van der Waals surface area contributed by atoms with Gasteiger partial charge in [-0.1, -0.05) is 29.6 Å². The summed E-state index contributed by atoms with van der Waals surface area (Å²) in [5.41, 5.74) is 6.48. The van der Waals surface area contributed by atoms with E-state index < -0.39 is 0 Å². The van der Waals surface area contributed by atoms with Gasteiger partial charge in [-0.25, -0.2) is 0 Å². The lowest BCUT2D eigenvalue weighted by Crippen LogP contribution is -2.46. The number of nitrogen functional groups attached to an aromatic ring is 1. The average Bonchev–Trinajstić information content (AvgIpc) is 2.87. The number of carbonyl (C=O) groups excluding carboxylic acids is 1. The first-order valence-electron chi connectivity index (χ1n) is 7.35. The van der Waals surface area contributed by atoms with Gasteiger partial charge < -0.3 is 11.1 Å². The van der Waals surface area contributed by atoms with Gasteiger partial charge in [0.25, 0.3) is 5.91 Å². The molecule has 1 aromatic rings. The first-order valence-corrected chi connectivity index (χ1v) is 8.11. The Labute approximate surface area is 134 Å². The monoisotopic (exact) mass is 327 g/mol. The van der Waals surface area contributed by atoms with E-state index in [0.717, 1.165) is 25.9 Å². The molecule has 1 amide bonds. The molecule has 6 heteroatoms. The van der Waals surface area contributed by atoms with Crippen LogP contribution in [0.15, 0.2) is 12.1 Å². The standard InChI is InChI=1S/C15H19Cl2N3O/c16-10-7-9(8-11(17)14(10)18)15(21)19-12-4-6-20-5-2-1-3-13(12)20/h7-8,12-13H,1-6,18H2,(H,19,21). The molecule has 0 aromatic heterocycles. The number of hydrogen-bond acceptors (Lipinski definition) is 3. The van der Waals surface area contributed by atoms with Crippen LogP contribution in [0, 0.1) is 0 Å². The van der Waals surface area contributed by atoms with Crippen LogP contribution in [0.1, 0.15) is 36.0 Å². The molecular weight excluding hydrogens is 309 g/mol. The summed E-state index contributed by atoms with van der Waals surface area (Å²) in [4.78, 5) is 14.9. The predicted octanol–water partition coefficient (Wildman–Crippen LogP) is 2.93. The summed E-state index contributed by atoms with van der Waals surface area (Å²) in [6.45, 7) is 2.22. The Morgan fingerprint density at radius 3 is 2.62 bits per heavy atom. The zero-order chi connectivity index (χ0) is 15.0. The lowest BCUT2D eigenvalue weighted by molar-refractivity contribution is 0.0915. The molecule has 2 saturated heterocycles. The number of carbonyl (C=O) groups is 1. The molecule has 0 saturated carbocycles. The van der Waals surface area contributed by atoms with Crippen molar-refractivity contribution in [1.29, 1.82) is 0 Å². The highest BCUT2D eigenvalue weighted by molar-refractivity contribution is 6.39. The highest BCUT2D eigenvalue weighted by Gasteiger charge is 2.36. The minimum absolute atomic E-state index is 0.128. The predicted molar refractivity (Wildman–Crippen MR) is 86.0 cm³/mol. The SMILES string of the molecule is Nc1c(Cl)cc(C(=O)NC2CCN3CCCCC23)cc1Cl. The third kappa shape index (κ3) is 2.98. The van der Waals surface area contributed by atoms with Gasteiger partial charge in [-0.05, 0) is 37.9 Å². The fraction of sp³-hybridized carbons (Fsp3) is 0.533. The third-order valence-corrected chi connectivity index (χ3v) is 5.14. The van der Waals surface area contributed by atoms with Gasteiger partial charge in [-0.3, -0.25) is 9.69 Å².